The first-order chi connectivity index (χ1) is 10.1. The third-order valence-electron chi connectivity index (χ3n) is 3.16. The first kappa shape index (κ1) is 14.8. The molecule has 3 nitrogen and oxygen atoms in total. The molecule has 0 aliphatic carbocycles. The molecule has 6 heteroatoms. The van der Waals surface area contributed by atoms with Crippen LogP contribution < -0.4 is 0 Å². The average Bonchev–Trinajstić information content (AvgIpc) is 3.08. The van der Waals surface area contributed by atoms with Gasteiger partial charge in [0.1, 0.15) is 0 Å². The fourth-order valence-electron chi connectivity index (χ4n) is 2.09. The van der Waals surface area contributed by atoms with Crippen LogP contribution in [-0.2, 0) is 6.42 Å². The van der Waals surface area contributed by atoms with Gasteiger partial charge in [0.25, 0.3) is 0 Å². The lowest BCUT2D eigenvalue weighted by Gasteiger charge is -2.09. The highest BCUT2D eigenvalue weighted by Gasteiger charge is 2.11. The molecule has 0 bridgehead atoms. The van der Waals surface area contributed by atoms with Crippen LogP contribution in [0.15, 0.2) is 46.5 Å². The lowest BCUT2D eigenvalue weighted by Crippen LogP contribution is -2.08. The SMILES string of the molecule is CC(Cc1nc(-c2cccc(Br)c2)cs1)n1cc(Cl)cn1. The summed E-state index contributed by atoms with van der Waals surface area (Å²) in [5, 5.41) is 8.10. The Bertz CT molecular complexity index is 753. The van der Waals surface area contributed by atoms with E-state index in [9.17, 15) is 0 Å². The highest BCUT2D eigenvalue weighted by atomic mass is 79.9. The van der Waals surface area contributed by atoms with Crippen LogP contribution >= 0.6 is 38.9 Å². The highest BCUT2D eigenvalue weighted by Crippen LogP contribution is 2.26. The predicted octanol–water partition coefficient (Wildman–Crippen LogP) is 5.23. The second-order valence-electron chi connectivity index (χ2n) is 4.83. The van der Waals surface area contributed by atoms with Crippen molar-refractivity contribution >= 4 is 38.9 Å². The van der Waals surface area contributed by atoms with E-state index in [0.717, 1.165) is 27.2 Å². The first-order valence-electron chi connectivity index (χ1n) is 6.52. The molecule has 2 heterocycles. The second kappa shape index (κ2) is 6.30. The van der Waals surface area contributed by atoms with Crippen molar-refractivity contribution < 1.29 is 0 Å². The first-order valence-corrected chi connectivity index (χ1v) is 8.57. The van der Waals surface area contributed by atoms with E-state index in [2.05, 4.69) is 45.5 Å². The molecule has 0 spiro atoms. The molecule has 1 aromatic carbocycles. The van der Waals surface area contributed by atoms with Crippen molar-refractivity contribution in [3.8, 4) is 11.3 Å². The summed E-state index contributed by atoms with van der Waals surface area (Å²) in [6, 6.07) is 8.42. The van der Waals surface area contributed by atoms with Gasteiger partial charge in [-0.25, -0.2) is 4.98 Å². The molecular formula is C15H13BrClN3S. The maximum atomic E-state index is 5.91. The molecule has 1 atom stereocenters. The second-order valence-corrected chi connectivity index (χ2v) is 7.12. The minimum Gasteiger partial charge on any atom is -0.268 e. The van der Waals surface area contributed by atoms with Crippen molar-refractivity contribution in [2.45, 2.75) is 19.4 Å². The quantitative estimate of drug-likeness (QED) is 0.619. The predicted molar refractivity (Wildman–Crippen MR) is 90.9 cm³/mol. The molecule has 0 N–H and O–H groups in total. The van der Waals surface area contributed by atoms with Gasteiger partial charge in [-0.1, -0.05) is 39.7 Å². The van der Waals surface area contributed by atoms with E-state index >= 15 is 0 Å². The Morgan fingerprint density at radius 2 is 2.29 bits per heavy atom. The van der Waals surface area contributed by atoms with E-state index in [-0.39, 0.29) is 6.04 Å². The van der Waals surface area contributed by atoms with Crippen LogP contribution in [0, 0.1) is 0 Å². The summed E-state index contributed by atoms with van der Waals surface area (Å²) in [6.07, 6.45) is 4.35. The summed E-state index contributed by atoms with van der Waals surface area (Å²) in [5.41, 5.74) is 2.14. The van der Waals surface area contributed by atoms with Crippen molar-refractivity contribution in [3.63, 3.8) is 0 Å². The summed E-state index contributed by atoms with van der Waals surface area (Å²) in [5.74, 6) is 0. The molecule has 1 unspecified atom stereocenters. The lowest BCUT2D eigenvalue weighted by molar-refractivity contribution is 0.488. The molecule has 2 aromatic heterocycles. The smallest absolute Gasteiger partial charge is 0.0953 e. The van der Waals surface area contributed by atoms with E-state index in [1.807, 2.05) is 23.0 Å². The standard InChI is InChI=1S/C15H13BrClN3S/c1-10(20-8-13(17)7-18-20)5-15-19-14(9-21-15)11-3-2-4-12(16)6-11/h2-4,6-10H,5H2,1H3. The molecule has 0 radical (unpaired) electrons. The van der Waals surface area contributed by atoms with Crippen LogP contribution in [0.5, 0.6) is 0 Å². The van der Waals surface area contributed by atoms with Crippen molar-refractivity contribution in [2.24, 2.45) is 0 Å². The number of nitrogens with zero attached hydrogens (tertiary/aromatic N) is 3. The van der Waals surface area contributed by atoms with Crippen LogP contribution in [0.1, 0.15) is 18.0 Å². The van der Waals surface area contributed by atoms with E-state index in [1.165, 1.54) is 0 Å². The number of thiazole rings is 1. The molecule has 0 amide bonds. The summed E-state index contributed by atoms with van der Waals surface area (Å²) in [7, 11) is 0. The number of benzene rings is 1. The summed E-state index contributed by atoms with van der Waals surface area (Å²) in [6.45, 7) is 2.11. The van der Waals surface area contributed by atoms with Crippen LogP contribution in [0.2, 0.25) is 5.02 Å². The molecule has 0 saturated carbocycles. The zero-order chi connectivity index (χ0) is 14.8. The van der Waals surface area contributed by atoms with Crippen molar-refractivity contribution in [1.29, 1.82) is 0 Å². The zero-order valence-corrected chi connectivity index (χ0v) is 14.5. The molecule has 3 rings (SSSR count). The molecule has 0 fully saturated rings. The van der Waals surface area contributed by atoms with Crippen molar-refractivity contribution in [1.82, 2.24) is 14.8 Å². The largest absolute Gasteiger partial charge is 0.268 e. The summed E-state index contributed by atoms with van der Waals surface area (Å²) in [4.78, 5) is 4.72. The zero-order valence-electron chi connectivity index (χ0n) is 11.3. The minimum absolute atomic E-state index is 0.235. The molecule has 0 aliphatic heterocycles. The number of hydrogen-bond donors (Lipinski definition) is 0. The van der Waals surface area contributed by atoms with Crippen LogP contribution in [0.3, 0.4) is 0 Å². The van der Waals surface area contributed by atoms with E-state index < -0.39 is 0 Å². The van der Waals surface area contributed by atoms with Crippen molar-refractivity contribution in [3.05, 3.63) is 56.5 Å². The van der Waals surface area contributed by atoms with Crippen LogP contribution in [0.25, 0.3) is 11.3 Å². The minimum atomic E-state index is 0.235. The van der Waals surface area contributed by atoms with Gasteiger partial charge in [-0.15, -0.1) is 11.3 Å². The van der Waals surface area contributed by atoms with Crippen molar-refractivity contribution in [2.75, 3.05) is 0 Å². The van der Waals surface area contributed by atoms with Gasteiger partial charge in [-0.2, -0.15) is 5.10 Å². The van der Waals surface area contributed by atoms with Gasteiger partial charge in [0.05, 0.1) is 28.0 Å². The van der Waals surface area contributed by atoms with Gasteiger partial charge in [0, 0.05) is 28.0 Å². The van der Waals surface area contributed by atoms with E-state index in [0.29, 0.717) is 5.02 Å². The number of halogens is 2. The Kier molecular flexibility index (Phi) is 4.42. The highest BCUT2D eigenvalue weighted by molar-refractivity contribution is 9.10. The monoisotopic (exact) mass is 381 g/mol. The Balaban J connectivity index is 1.76. The van der Waals surface area contributed by atoms with Gasteiger partial charge in [-0.05, 0) is 19.1 Å². The lowest BCUT2D eigenvalue weighted by atomic mass is 10.2. The Hall–Kier alpha value is -1.17. The number of hydrogen-bond acceptors (Lipinski definition) is 3. The van der Waals surface area contributed by atoms with Gasteiger partial charge in [-0.3, -0.25) is 4.68 Å². The van der Waals surface area contributed by atoms with Gasteiger partial charge in [0.2, 0.25) is 0 Å². The fraction of sp³-hybridized carbons (Fsp3) is 0.200. The molecule has 108 valence electrons. The van der Waals surface area contributed by atoms with Gasteiger partial charge < -0.3 is 0 Å². The van der Waals surface area contributed by atoms with Crippen LogP contribution in [-0.4, -0.2) is 14.8 Å². The number of aromatic nitrogens is 3. The molecular weight excluding hydrogens is 370 g/mol. The number of rotatable bonds is 4. The maximum Gasteiger partial charge on any atom is 0.0953 e. The van der Waals surface area contributed by atoms with Gasteiger partial charge in [0.15, 0.2) is 0 Å². The maximum absolute atomic E-state index is 5.91. The Morgan fingerprint density at radius 3 is 3.00 bits per heavy atom. The molecule has 21 heavy (non-hydrogen) atoms. The summed E-state index contributed by atoms with van der Waals surface area (Å²) >= 11 is 11.1. The van der Waals surface area contributed by atoms with E-state index in [4.69, 9.17) is 16.6 Å². The third kappa shape index (κ3) is 3.54. The molecule has 0 saturated heterocycles. The van der Waals surface area contributed by atoms with E-state index in [1.54, 1.807) is 17.5 Å². The topological polar surface area (TPSA) is 30.7 Å². The summed E-state index contributed by atoms with van der Waals surface area (Å²) < 4.78 is 2.94. The van der Waals surface area contributed by atoms with Crippen LogP contribution in [0.4, 0.5) is 0 Å². The molecule has 3 aromatic rings. The third-order valence-corrected chi connectivity index (χ3v) is 4.72. The Labute approximate surface area is 140 Å². The average molecular weight is 383 g/mol. The molecule has 0 aliphatic rings. The Morgan fingerprint density at radius 1 is 1.43 bits per heavy atom. The fourth-order valence-corrected chi connectivity index (χ4v) is 3.55. The normalized spacial score (nSPS) is 12.5. The van der Waals surface area contributed by atoms with Gasteiger partial charge >= 0.3 is 0 Å².